The smallest absolute Gasteiger partial charge is 0.140 e. The van der Waals surface area contributed by atoms with Crippen molar-refractivity contribution in [3.05, 3.63) is 46.9 Å². The molecule has 8 heteroatoms. The molecule has 1 aromatic carbocycles. The second-order valence-electron chi connectivity index (χ2n) is 8.17. The van der Waals surface area contributed by atoms with Gasteiger partial charge in [0.1, 0.15) is 12.1 Å². The first-order valence-corrected chi connectivity index (χ1v) is 9.87. The number of anilines is 2. The number of rotatable bonds is 2. The first kappa shape index (κ1) is 24.2. The van der Waals surface area contributed by atoms with Crippen molar-refractivity contribution in [3.63, 3.8) is 0 Å². The lowest BCUT2D eigenvalue weighted by Crippen LogP contribution is -2.42. The van der Waals surface area contributed by atoms with Crippen LogP contribution in [0.4, 0.5) is 11.5 Å². The monoisotopic (exact) mass is 457 g/mol. The minimum Gasteiger partial charge on any atom is -0.326 e. The average Bonchev–Trinajstić information content (AvgIpc) is 3.21. The van der Waals surface area contributed by atoms with Gasteiger partial charge in [0.25, 0.3) is 0 Å². The average molecular weight is 459 g/mol. The molecule has 1 unspecified atom stereocenters. The summed E-state index contributed by atoms with van der Waals surface area (Å²) < 4.78 is 0. The van der Waals surface area contributed by atoms with Crippen molar-refractivity contribution in [2.75, 3.05) is 24.5 Å². The molecule has 0 radical (unpaired) electrons. The van der Waals surface area contributed by atoms with Gasteiger partial charge in [0.05, 0.1) is 0 Å². The molecule has 5 rings (SSSR count). The molecule has 160 valence electrons. The van der Waals surface area contributed by atoms with Gasteiger partial charge in [0.2, 0.25) is 0 Å². The van der Waals surface area contributed by atoms with E-state index in [4.69, 9.17) is 10.7 Å². The van der Waals surface area contributed by atoms with Gasteiger partial charge >= 0.3 is 0 Å². The molecule has 1 spiro atoms. The summed E-state index contributed by atoms with van der Waals surface area (Å²) in [5, 5.41) is 3.53. The molecule has 1 fully saturated rings. The quantitative estimate of drug-likeness (QED) is 0.711. The van der Waals surface area contributed by atoms with Crippen LogP contribution in [0.25, 0.3) is 0 Å². The van der Waals surface area contributed by atoms with Crippen LogP contribution >= 0.6 is 37.2 Å². The fourth-order valence-corrected chi connectivity index (χ4v) is 5.20. The highest BCUT2D eigenvalue weighted by Crippen LogP contribution is 2.50. The second kappa shape index (κ2) is 9.36. The maximum atomic E-state index is 5.95. The molecule has 29 heavy (non-hydrogen) atoms. The predicted molar refractivity (Wildman–Crippen MR) is 126 cm³/mol. The Hall–Kier alpha value is -1.11. The molecule has 0 amide bonds. The number of nitrogens with one attached hydrogen (secondary N) is 1. The van der Waals surface area contributed by atoms with E-state index in [-0.39, 0.29) is 42.6 Å². The summed E-state index contributed by atoms with van der Waals surface area (Å²) in [4.78, 5) is 11.8. The summed E-state index contributed by atoms with van der Waals surface area (Å²) >= 11 is 0. The number of fused-ring (bicyclic) bond motifs is 3. The van der Waals surface area contributed by atoms with Gasteiger partial charge in [-0.05, 0) is 61.9 Å². The van der Waals surface area contributed by atoms with Crippen LogP contribution in [0.1, 0.15) is 54.5 Å². The van der Waals surface area contributed by atoms with Crippen molar-refractivity contribution >= 4 is 48.7 Å². The molecule has 1 aliphatic carbocycles. The summed E-state index contributed by atoms with van der Waals surface area (Å²) in [5.74, 6) is 1.68. The predicted octanol–water partition coefficient (Wildman–Crippen LogP) is 4.02. The molecule has 2 aliphatic heterocycles. The Morgan fingerprint density at radius 2 is 1.93 bits per heavy atom. The third-order valence-electron chi connectivity index (χ3n) is 6.69. The Balaban J connectivity index is 0.000001000. The Morgan fingerprint density at radius 1 is 1.17 bits per heavy atom. The van der Waals surface area contributed by atoms with E-state index < -0.39 is 0 Å². The lowest BCUT2D eigenvalue weighted by atomic mass is 9.74. The highest BCUT2D eigenvalue weighted by atomic mass is 35.5. The first-order chi connectivity index (χ1) is 12.7. The topological polar surface area (TPSA) is 67.1 Å². The summed E-state index contributed by atoms with van der Waals surface area (Å²) in [6, 6.07) is 6.80. The lowest BCUT2D eigenvalue weighted by Gasteiger charge is -2.35. The van der Waals surface area contributed by atoms with E-state index in [9.17, 15) is 0 Å². The molecule has 3 aliphatic rings. The molecule has 1 atom stereocenters. The fourth-order valence-electron chi connectivity index (χ4n) is 5.20. The number of halogens is 3. The molecular weight excluding hydrogens is 429 g/mol. The number of benzene rings is 1. The van der Waals surface area contributed by atoms with E-state index >= 15 is 0 Å². The molecule has 1 aromatic heterocycles. The van der Waals surface area contributed by atoms with Gasteiger partial charge < -0.3 is 16.0 Å². The van der Waals surface area contributed by atoms with E-state index in [0.717, 1.165) is 31.9 Å². The van der Waals surface area contributed by atoms with Gasteiger partial charge in [0, 0.05) is 35.4 Å². The van der Waals surface area contributed by atoms with Crippen LogP contribution in [0, 0.1) is 0 Å². The molecule has 3 N–H and O–H groups in total. The van der Waals surface area contributed by atoms with Crippen LogP contribution < -0.4 is 16.0 Å². The summed E-state index contributed by atoms with van der Waals surface area (Å²) in [6.07, 6.45) is 6.37. The van der Waals surface area contributed by atoms with E-state index in [2.05, 4.69) is 40.3 Å². The van der Waals surface area contributed by atoms with E-state index in [1.807, 2.05) is 0 Å². The number of hydrogen-bond donors (Lipinski definition) is 2. The number of aryl methyl sites for hydroxylation is 1. The third kappa shape index (κ3) is 3.84. The van der Waals surface area contributed by atoms with Crippen molar-refractivity contribution in [3.8, 4) is 0 Å². The van der Waals surface area contributed by atoms with Crippen LogP contribution in [0.2, 0.25) is 0 Å². The highest BCUT2D eigenvalue weighted by molar-refractivity contribution is 5.86. The number of aromatic nitrogens is 2. The number of piperidine rings is 1. The van der Waals surface area contributed by atoms with Gasteiger partial charge in [-0.2, -0.15) is 0 Å². The molecule has 2 aromatic rings. The maximum Gasteiger partial charge on any atom is 0.140 e. The van der Waals surface area contributed by atoms with Crippen molar-refractivity contribution in [1.82, 2.24) is 15.3 Å². The van der Waals surface area contributed by atoms with E-state index in [1.54, 1.807) is 6.33 Å². The minimum atomic E-state index is 0. The van der Waals surface area contributed by atoms with Crippen LogP contribution in [-0.2, 0) is 18.4 Å². The third-order valence-corrected chi connectivity index (χ3v) is 6.69. The van der Waals surface area contributed by atoms with E-state index in [0.29, 0.717) is 12.5 Å². The maximum absolute atomic E-state index is 5.95. The Labute approximate surface area is 191 Å². The van der Waals surface area contributed by atoms with Gasteiger partial charge in [-0.3, -0.25) is 0 Å². The van der Waals surface area contributed by atoms with Crippen LogP contribution in [-0.4, -0.2) is 29.6 Å². The van der Waals surface area contributed by atoms with E-state index in [1.165, 1.54) is 47.3 Å². The number of nitrogens with two attached hydrogens (primary N) is 1. The number of hydrogen-bond acceptors (Lipinski definition) is 5. The van der Waals surface area contributed by atoms with Crippen molar-refractivity contribution in [1.29, 1.82) is 0 Å². The molecule has 3 heterocycles. The Bertz CT molecular complexity index is 854. The minimum absolute atomic E-state index is 0. The molecule has 5 nitrogen and oxygen atoms in total. The van der Waals surface area contributed by atoms with Gasteiger partial charge in [-0.25, -0.2) is 9.97 Å². The summed E-state index contributed by atoms with van der Waals surface area (Å²) in [7, 11) is 0. The normalized spacial score (nSPS) is 20.9. The second-order valence-corrected chi connectivity index (χ2v) is 8.17. The van der Waals surface area contributed by atoms with Crippen molar-refractivity contribution in [2.24, 2.45) is 5.73 Å². The molecular formula is C21H30Cl3N5. The van der Waals surface area contributed by atoms with Gasteiger partial charge in [0.15, 0.2) is 0 Å². The number of nitrogens with zero attached hydrogens (tertiary/aromatic N) is 3. The zero-order valence-electron chi connectivity index (χ0n) is 16.7. The van der Waals surface area contributed by atoms with Gasteiger partial charge in [-0.15, -0.1) is 37.2 Å². The summed E-state index contributed by atoms with van der Waals surface area (Å²) in [5.41, 5.74) is 12.8. The molecule has 0 saturated carbocycles. The Morgan fingerprint density at radius 3 is 2.66 bits per heavy atom. The fraction of sp³-hybridized carbons (Fsp3) is 0.524. The highest BCUT2D eigenvalue weighted by Gasteiger charge is 2.45. The zero-order chi connectivity index (χ0) is 17.7. The molecule has 1 saturated heterocycles. The summed E-state index contributed by atoms with van der Waals surface area (Å²) in [6.45, 7) is 6.10. The first-order valence-electron chi connectivity index (χ1n) is 9.87. The Kier molecular flexibility index (Phi) is 7.80. The zero-order valence-corrected chi connectivity index (χ0v) is 19.1. The standard InChI is InChI=1S/C21H27N5.3ClH/c1-14-2-4-17-19(14)20(25-13-24-17)26-12-21(6-8-23-9-7-21)16-10-15(11-22)3-5-18(16)26;;;/h3,5,10,13-14,23H,2,4,6-9,11-12,22H2,1H3;3*1H. The van der Waals surface area contributed by atoms with Crippen molar-refractivity contribution < 1.29 is 0 Å². The molecule has 0 bridgehead atoms. The van der Waals surface area contributed by atoms with Crippen LogP contribution in [0.15, 0.2) is 24.5 Å². The van der Waals surface area contributed by atoms with Gasteiger partial charge in [-0.1, -0.05) is 19.1 Å². The van der Waals surface area contributed by atoms with Crippen LogP contribution in [0.3, 0.4) is 0 Å². The van der Waals surface area contributed by atoms with Crippen LogP contribution in [0.5, 0.6) is 0 Å². The lowest BCUT2D eigenvalue weighted by molar-refractivity contribution is 0.329. The SMILES string of the molecule is CC1CCc2ncnc(N3CC4(CCNCC4)c4cc(CN)ccc43)c21.Cl.Cl.Cl. The van der Waals surface area contributed by atoms with Crippen molar-refractivity contribution in [2.45, 2.75) is 50.5 Å². The largest absolute Gasteiger partial charge is 0.326 e.